The largest absolute Gasteiger partial charge is 0.435 e. The molecule has 0 saturated heterocycles. The van der Waals surface area contributed by atoms with Crippen LogP contribution in [0.5, 0.6) is 0 Å². The Hall–Kier alpha value is -2.36. The fourth-order valence-electron chi connectivity index (χ4n) is 2.07. The monoisotopic (exact) mass is 417 g/mol. The van der Waals surface area contributed by atoms with Crippen molar-refractivity contribution < 1.29 is 21.6 Å². The van der Waals surface area contributed by atoms with E-state index in [1.54, 1.807) is 0 Å². The Morgan fingerprint density at radius 2 is 1.59 bits per heavy atom. The highest BCUT2D eigenvalue weighted by atomic mass is 35.5. The minimum Gasteiger partial charge on any atom is -0.238 e. The van der Waals surface area contributed by atoms with Crippen LogP contribution in [0.4, 0.5) is 13.2 Å². The van der Waals surface area contributed by atoms with Gasteiger partial charge < -0.3 is 0 Å². The summed E-state index contributed by atoms with van der Waals surface area (Å²) in [6.45, 7) is 1.47. The fraction of sp³-hybridized carbons (Fsp3) is 0.118. The highest BCUT2D eigenvalue weighted by molar-refractivity contribution is 7.89. The SMILES string of the molecule is Cc1cc(C(F)(F)F)nn1-c1ccc(S(N)(=O)=O)cc1.Clc1ccccc1. The molecule has 3 aromatic rings. The lowest BCUT2D eigenvalue weighted by Crippen LogP contribution is -2.12. The predicted molar refractivity (Wildman–Crippen MR) is 96.1 cm³/mol. The molecule has 0 aliphatic rings. The molecule has 0 atom stereocenters. The van der Waals surface area contributed by atoms with Crippen LogP contribution >= 0.6 is 11.6 Å². The molecule has 0 unspecified atom stereocenters. The molecule has 1 heterocycles. The molecule has 2 N–H and O–H groups in total. The Bertz CT molecular complexity index is 1000. The van der Waals surface area contributed by atoms with Gasteiger partial charge in [0.15, 0.2) is 5.69 Å². The van der Waals surface area contributed by atoms with Gasteiger partial charge in [-0.05, 0) is 49.4 Å². The third kappa shape index (κ3) is 5.81. The molecular weight excluding hydrogens is 403 g/mol. The summed E-state index contributed by atoms with van der Waals surface area (Å²) >= 11 is 5.54. The van der Waals surface area contributed by atoms with E-state index in [-0.39, 0.29) is 10.6 Å². The normalized spacial score (nSPS) is 11.6. The molecule has 0 radical (unpaired) electrons. The maximum absolute atomic E-state index is 12.5. The number of hydrogen-bond acceptors (Lipinski definition) is 3. The summed E-state index contributed by atoms with van der Waals surface area (Å²) in [6.07, 6.45) is -4.53. The second kappa shape index (κ2) is 8.12. The summed E-state index contributed by atoms with van der Waals surface area (Å²) in [4.78, 5) is -0.123. The number of hydrogen-bond donors (Lipinski definition) is 1. The molecule has 0 amide bonds. The van der Waals surface area contributed by atoms with Crippen LogP contribution in [-0.2, 0) is 16.2 Å². The van der Waals surface area contributed by atoms with Crippen molar-refractivity contribution in [2.75, 3.05) is 0 Å². The molecule has 3 rings (SSSR count). The Kier molecular flexibility index (Phi) is 6.30. The van der Waals surface area contributed by atoms with Gasteiger partial charge >= 0.3 is 6.18 Å². The van der Waals surface area contributed by atoms with Gasteiger partial charge in [-0.1, -0.05) is 29.8 Å². The number of benzene rings is 2. The quantitative estimate of drug-likeness (QED) is 0.679. The number of nitrogens with zero attached hydrogens (tertiary/aromatic N) is 2. The summed E-state index contributed by atoms with van der Waals surface area (Å²) in [6, 6.07) is 15.4. The van der Waals surface area contributed by atoms with Gasteiger partial charge in [0.2, 0.25) is 10.0 Å². The first-order valence-electron chi connectivity index (χ1n) is 7.46. The average Bonchev–Trinajstić information content (AvgIpc) is 2.98. The summed E-state index contributed by atoms with van der Waals surface area (Å²) in [5.74, 6) is 0. The number of sulfonamides is 1. The smallest absolute Gasteiger partial charge is 0.238 e. The van der Waals surface area contributed by atoms with Gasteiger partial charge in [0.1, 0.15) is 0 Å². The fourth-order valence-corrected chi connectivity index (χ4v) is 2.73. The van der Waals surface area contributed by atoms with Gasteiger partial charge in [-0.25, -0.2) is 18.2 Å². The van der Waals surface area contributed by atoms with Crippen LogP contribution in [0.15, 0.2) is 65.6 Å². The van der Waals surface area contributed by atoms with Gasteiger partial charge in [0.05, 0.1) is 10.6 Å². The van der Waals surface area contributed by atoms with Crippen LogP contribution in [0.2, 0.25) is 5.02 Å². The zero-order valence-electron chi connectivity index (χ0n) is 14.0. The number of rotatable bonds is 2. The number of halogens is 4. The molecule has 0 aliphatic carbocycles. The third-order valence-electron chi connectivity index (χ3n) is 3.32. The van der Waals surface area contributed by atoms with E-state index >= 15 is 0 Å². The zero-order valence-corrected chi connectivity index (χ0v) is 15.6. The van der Waals surface area contributed by atoms with E-state index in [0.29, 0.717) is 5.69 Å². The van der Waals surface area contributed by atoms with Crippen LogP contribution in [0.3, 0.4) is 0 Å². The van der Waals surface area contributed by atoms with E-state index < -0.39 is 21.9 Å². The molecule has 5 nitrogen and oxygen atoms in total. The molecule has 1 aromatic heterocycles. The summed E-state index contributed by atoms with van der Waals surface area (Å²) < 4.78 is 60.9. The van der Waals surface area contributed by atoms with Gasteiger partial charge in [-0.15, -0.1) is 0 Å². The topological polar surface area (TPSA) is 78.0 Å². The first kappa shape index (κ1) is 20.9. The van der Waals surface area contributed by atoms with E-state index in [1.165, 1.54) is 31.2 Å². The molecule has 144 valence electrons. The molecule has 0 aliphatic heterocycles. The van der Waals surface area contributed by atoms with Crippen LogP contribution in [-0.4, -0.2) is 18.2 Å². The van der Waals surface area contributed by atoms with Crippen molar-refractivity contribution in [1.82, 2.24) is 9.78 Å². The van der Waals surface area contributed by atoms with Crippen LogP contribution in [0.1, 0.15) is 11.4 Å². The Labute approximate surface area is 159 Å². The van der Waals surface area contributed by atoms with Crippen molar-refractivity contribution in [3.8, 4) is 5.69 Å². The van der Waals surface area contributed by atoms with Gasteiger partial charge in [0.25, 0.3) is 0 Å². The van der Waals surface area contributed by atoms with Crippen LogP contribution in [0, 0.1) is 6.92 Å². The van der Waals surface area contributed by atoms with E-state index in [2.05, 4.69) is 5.10 Å². The second-order valence-corrected chi connectivity index (χ2v) is 7.41. The van der Waals surface area contributed by atoms with Gasteiger partial charge in [-0.2, -0.15) is 18.3 Å². The van der Waals surface area contributed by atoms with E-state index in [9.17, 15) is 21.6 Å². The number of aryl methyl sites for hydroxylation is 1. The Morgan fingerprint density at radius 3 is 1.96 bits per heavy atom. The van der Waals surface area contributed by atoms with Gasteiger partial charge in [-0.3, -0.25) is 0 Å². The standard InChI is InChI=1S/C11H10F3N3O2S.C6H5Cl/c1-7-6-10(11(12,13)14)16-17(7)8-2-4-9(5-3-8)20(15,18)19;7-6-4-2-1-3-5-6/h2-6H,1H3,(H2,15,18,19);1-5H. The molecule has 0 fully saturated rings. The molecule has 0 saturated carbocycles. The highest BCUT2D eigenvalue weighted by Gasteiger charge is 2.34. The number of alkyl halides is 3. The van der Waals surface area contributed by atoms with Crippen molar-refractivity contribution in [2.24, 2.45) is 5.14 Å². The number of nitrogens with two attached hydrogens (primary N) is 1. The average molecular weight is 418 g/mol. The molecule has 0 spiro atoms. The van der Waals surface area contributed by atoms with Gasteiger partial charge in [0, 0.05) is 10.7 Å². The van der Waals surface area contributed by atoms with Crippen molar-refractivity contribution >= 4 is 21.6 Å². The molecule has 10 heteroatoms. The van der Waals surface area contributed by atoms with Crippen molar-refractivity contribution in [1.29, 1.82) is 0 Å². The molecule has 2 aromatic carbocycles. The van der Waals surface area contributed by atoms with Crippen molar-refractivity contribution in [3.63, 3.8) is 0 Å². The minimum absolute atomic E-state index is 0.123. The first-order chi connectivity index (χ1) is 12.5. The number of aromatic nitrogens is 2. The molecule has 27 heavy (non-hydrogen) atoms. The predicted octanol–water partition coefficient (Wildman–Crippen LogP) is 4.19. The lowest BCUT2D eigenvalue weighted by molar-refractivity contribution is -0.141. The summed E-state index contributed by atoms with van der Waals surface area (Å²) in [7, 11) is -3.84. The summed E-state index contributed by atoms with van der Waals surface area (Å²) in [5, 5.41) is 9.19. The first-order valence-corrected chi connectivity index (χ1v) is 9.38. The maximum atomic E-state index is 12.5. The van der Waals surface area contributed by atoms with Crippen molar-refractivity contribution in [3.05, 3.63) is 77.1 Å². The lowest BCUT2D eigenvalue weighted by Gasteiger charge is -2.05. The second-order valence-electron chi connectivity index (χ2n) is 5.42. The Morgan fingerprint density at radius 1 is 1.04 bits per heavy atom. The Balaban J connectivity index is 0.000000313. The minimum atomic E-state index is -4.53. The van der Waals surface area contributed by atoms with E-state index in [0.717, 1.165) is 15.8 Å². The maximum Gasteiger partial charge on any atom is 0.435 e. The number of primary sulfonamides is 1. The zero-order chi connectivity index (χ0) is 20.2. The molecular formula is C17H15ClF3N3O2S. The molecule has 0 bridgehead atoms. The third-order valence-corrected chi connectivity index (χ3v) is 4.50. The highest BCUT2D eigenvalue weighted by Crippen LogP contribution is 2.29. The van der Waals surface area contributed by atoms with Crippen LogP contribution < -0.4 is 5.14 Å². The lowest BCUT2D eigenvalue weighted by atomic mass is 10.3. The summed E-state index contributed by atoms with van der Waals surface area (Å²) in [5.41, 5.74) is -0.420. The van der Waals surface area contributed by atoms with Crippen LogP contribution in [0.25, 0.3) is 5.69 Å². The van der Waals surface area contributed by atoms with Crippen molar-refractivity contribution in [2.45, 2.75) is 18.0 Å². The van der Waals surface area contributed by atoms with E-state index in [4.69, 9.17) is 16.7 Å². The van der Waals surface area contributed by atoms with E-state index in [1.807, 2.05) is 30.3 Å².